The lowest BCUT2D eigenvalue weighted by atomic mass is 10.0. The van der Waals surface area contributed by atoms with Gasteiger partial charge in [-0.1, -0.05) is 42.5 Å². The number of rotatable bonds is 6. The fraction of sp³-hybridized carbons (Fsp3) is 0.0417. The minimum absolute atomic E-state index is 0.0591. The lowest BCUT2D eigenvalue weighted by Gasteiger charge is -2.16. The van der Waals surface area contributed by atoms with Crippen LogP contribution in [0.25, 0.3) is 5.69 Å². The quantitative estimate of drug-likeness (QED) is 0.190. The predicted molar refractivity (Wildman–Crippen MR) is 119 cm³/mol. The van der Waals surface area contributed by atoms with Crippen LogP contribution in [0.3, 0.4) is 0 Å². The molecular weight excluding hydrogens is 438 g/mol. The van der Waals surface area contributed by atoms with Gasteiger partial charge in [0, 0.05) is 17.7 Å². The SMILES string of the molecule is O=C(c1ccccc1)c1cc([N+](=O)[O-])ccc1-n1cnnc1CN1C(=O)c2ccccc2C1=O. The molecule has 34 heavy (non-hydrogen) atoms. The Hall–Kier alpha value is -4.99. The standard InChI is InChI=1S/C24H15N5O5/c30-22(15-6-2-1-3-7-15)19-12-16(29(33)34)10-11-20(19)28-14-25-26-21(28)13-27-23(31)17-8-4-5-9-18(17)24(27)32/h1-12,14H,13H2. The van der Waals surface area contributed by atoms with E-state index in [1.807, 2.05) is 0 Å². The number of imide groups is 1. The average molecular weight is 453 g/mol. The molecule has 5 rings (SSSR count). The summed E-state index contributed by atoms with van der Waals surface area (Å²) in [5.41, 5.74) is 1.04. The zero-order valence-corrected chi connectivity index (χ0v) is 17.5. The van der Waals surface area contributed by atoms with Crippen LogP contribution in [-0.4, -0.2) is 42.2 Å². The molecule has 10 nitrogen and oxygen atoms in total. The van der Waals surface area contributed by atoms with Crippen LogP contribution in [0.1, 0.15) is 42.5 Å². The number of ketones is 1. The highest BCUT2D eigenvalue weighted by atomic mass is 16.6. The van der Waals surface area contributed by atoms with E-state index in [4.69, 9.17) is 0 Å². The van der Waals surface area contributed by atoms with Crippen molar-refractivity contribution >= 4 is 23.3 Å². The molecule has 2 heterocycles. The number of carbonyl (C=O) groups is 3. The zero-order chi connectivity index (χ0) is 23.8. The van der Waals surface area contributed by atoms with Crippen molar-refractivity contribution in [3.63, 3.8) is 0 Å². The van der Waals surface area contributed by atoms with E-state index in [0.717, 1.165) is 4.90 Å². The van der Waals surface area contributed by atoms with E-state index in [9.17, 15) is 24.5 Å². The van der Waals surface area contributed by atoms with E-state index in [1.165, 1.54) is 29.1 Å². The van der Waals surface area contributed by atoms with Crippen molar-refractivity contribution in [2.75, 3.05) is 0 Å². The number of hydrogen-bond acceptors (Lipinski definition) is 7. The van der Waals surface area contributed by atoms with Gasteiger partial charge in [0.15, 0.2) is 11.6 Å². The molecular formula is C24H15N5O5. The molecule has 166 valence electrons. The lowest BCUT2D eigenvalue weighted by molar-refractivity contribution is -0.384. The molecule has 0 radical (unpaired) electrons. The van der Waals surface area contributed by atoms with Crippen molar-refractivity contribution in [1.29, 1.82) is 0 Å². The number of nitro benzene ring substituents is 1. The van der Waals surface area contributed by atoms with Crippen LogP contribution in [0.5, 0.6) is 0 Å². The summed E-state index contributed by atoms with van der Waals surface area (Å²) in [5.74, 6) is -1.14. The Labute approximate surface area is 192 Å². The van der Waals surface area contributed by atoms with Gasteiger partial charge in [-0.15, -0.1) is 10.2 Å². The number of fused-ring (bicyclic) bond motifs is 1. The maximum absolute atomic E-state index is 13.3. The summed E-state index contributed by atoms with van der Waals surface area (Å²) in [7, 11) is 0. The van der Waals surface area contributed by atoms with Crippen LogP contribution < -0.4 is 0 Å². The highest BCUT2D eigenvalue weighted by molar-refractivity contribution is 6.21. The van der Waals surface area contributed by atoms with Crippen molar-refractivity contribution < 1.29 is 19.3 Å². The second-order valence-corrected chi connectivity index (χ2v) is 7.51. The van der Waals surface area contributed by atoms with Gasteiger partial charge in [-0.2, -0.15) is 0 Å². The van der Waals surface area contributed by atoms with Crippen LogP contribution in [0.4, 0.5) is 5.69 Å². The van der Waals surface area contributed by atoms with Gasteiger partial charge in [-0.05, 0) is 18.2 Å². The number of non-ortho nitro benzene ring substituents is 1. The van der Waals surface area contributed by atoms with E-state index >= 15 is 0 Å². The number of carbonyl (C=O) groups excluding carboxylic acids is 3. The van der Waals surface area contributed by atoms with E-state index in [0.29, 0.717) is 16.7 Å². The van der Waals surface area contributed by atoms with Gasteiger partial charge in [0.1, 0.15) is 6.33 Å². The summed E-state index contributed by atoms with van der Waals surface area (Å²) in [4.78, 5) is 50.6. The second kappa shape index (κ2) is 8.17. The Balaban J connectivity index is 1.56. The Morgan fingerprint density at radius 1 is 0.912 bits per heavy atom. The molecule has 1 aliphatic heterocycles. The molecule has 2 amide bonds. The smallest absolute Gasteiger partial charge is 0.270 e. The normalized spacial score (nSPS) is 12.6. The Bertz CT molecular complexity index is 1440. The van der Waals surface area contributed by atoms with Crippen LogP contribution in [0.2, 0.25) is 0 Å². The molecule has 0 spiro atoms. The van der Waals surface area contributed by atoms with Gasteiger partial charge < -0.3 is 0 Å². The van der Waals surface area contributed by atoms with Crippen molar-refractivity contribution in [1.82, 2.24) is 19.7 Å². The summed E-state index contributed by atoms with van der Waals surface area (Å²) in [6.07, 6.45) is 1.33. The molecule has 0 aliphatic carbocycles. The molecule has 4 aromatic rings. The van der Waals surface area contributed by atoms with Crippen LogP contribution in [0.15, 0.2) is 79.1 Å². The van der Waals surface area contributed by atoms with Crippen molar-refractivity contribution in [2.45, 2.75) is 6.54 Å². The molecule has 0 N–H and O–H groups in total. The maximum Gasteiger partial charge on any atom is 0.270 e. The molecule has 0 saturated heterocycles. The zero-order valence-electron chi connectivity index (χ0n) is 17.5. The topological polar surface area (TPSA) is 128 Å². The minimum atomic E-state index is -0.586. The molecule has 0 fully saturated rings. The molecule has 0 atom stereocenters. The molecule has 3 aromatic carbocycles. The number of amides is 2. The van der Waals surface area contributed by atoms with Gasteiger partial charge in [0.05, 0.1) is 33.8 Å². The monoisotopic (exact) mass is 453 g/mol. The number of benzene rings is 3. The van der Waals surface area contributed by atoms with Crippen LogP contribution in [-0.2, 0) is 6.54 Å². The first-order valence-corrected chi connectivity index (χ1v) is 10.2. The van der Waals surface area contributed by atoms with E-state index in [1.54, 1.807) is 54.6 Å². The highest BCUT2D eigenvalue weighted by Crippen LogP contribution is 2.27. The number of aromatic nitrogens is 3. The second-order valence-electron chi connectivity index (χ2n) is 7.51. The minimum Gasteiger partial charge on any atom is -0.289 e. The molecule has 10 heteroatoms. The summed E-state index contributed by atoms with van der Waals surface area (Å²) < 4.78 is 1.45. The summed E-state index contributed by atoms with van der Waals surface area (Å²) in [6.45, 7) is -0.192. The number of nitrogens with zero attached hydrogens (tertiary/aromatic N) is 5. The fourth-order valence-electron chi connectivity index (χ4n) is 3.87. The maximum atomic E-state index is 13.3. The van der Waals surface area contributed by atoms with Crippen molar-refractivity contribution in [2.24, 2.45) is 0 Å². The van der Waals surface area contributed by atoms with Gasteiger partial charge in [0.2, 0.25) is 0 Å². The third-order valence-corrected chi connectivity index (χ3v) is 5.53. The summed E-state index contributed by atoms with van der Waals surface area (Å²) in [5, 5.41) is 19.3. The Kier molecular flexibility index (Phi) is 5.02. The Morgan fingerprint density at radius 2 is 1.56 bits per heavy atom. The predicted octanol–water partition coefficient (Wildman–Crippen LogP) is 3.20. The van der Waals surface area contributed by atoms with E-state index < -0.39 is 22.5 Å². The fourth-order valence-corrected chi connectivity index (χ4v) is 3.87. The Morgan fingerprint density at radius 3 is 2.21 bits per heavy atom. The van der Waals surface area contributed by atoms with Gasteiger partial charge in [-0.3, -0.25) is 34.0 Å². The first-order chi connectivity index (χ1) is 16.5. The van der Waals surface area contributed by atoms with Crippen molar-refractivity contribution in [3.8, 4) is 5.69 Å². The summed E-state index contributed by atoms with van der Waals surface area (Å²) >= 11 is 0. The largest absolute Gasteiger partial charge is 0.289 e. The third kappa shape index (κ3) is 3.43. The molecule has 1 aliphatic rings. The van der Waals surface area contributed by atoms with E-state index in [-0.39, 0.29) is 29.3 Å². The first-order valence-electron chi connectivity index (χ1n) is 10.2. The van der Waals surface area contributed by atoms with Gasteiger partial charge >= 0.3 is 0 Å². The van der Waals surface area contributed by atoms with Crippen LogP contribution in [0, 0.1) is 10.1 Å². The first kappa shape index (κ1) is 20.9. The molecule has 0 bridgehead atoms. The van der Waals surface area contributed by atoms with Crippen molar-refractivity contribution in [3.05, 3.63) is 117 Å². The molecule has 0 saturated carbocycles. The highest BCUT2D eigenvalue weighted by Gasteiger charge is 2.36. The average Bonchev–Trinajstić information content (AvgIpc) is 3.42. The van der Waals surface area contributed by atoms with Crippen LogP contribution >= 0.6 is 0 Å². The molecule has 0 unspecified atom stereocenters. The third-order valence-electron chi connectivity index (χ3n) is 5.53. The van der Waals surface area contributed by atoms with Gasteiger partial charge in [0.25, 0.3) is 17.5 Å². The number of hydrogen-bond donors (Lipinski definition) is 0. The van der Waals surface area contributed by atoms with E-state index in [2.05, 4.69) is 10.2 Å². The summed E-state index contributed by atoms with van der Waals surface area (Å²) in [6, 6.07) is 18.7. The molecule has 1 aromatic heterocycles. The van der Waals surface area contributed by atoms with Gasteiger partial charge in [-0.25, -0.2) is 0 Å². The number of nitro groups is 1. The lowest BCUT2D eigenvalue weighted by Crippen LogP contribution is -2.30.